The SMILES string of the molecule is C[PH+](C)c1ccccc1O.[Pt].c1cnc2c(c1)ccc1ccc3cccnc3c12. The zero-order valence-corrected chi connectivity index (χ0v) is 19.5. The van der Waals surface area contributed by atoms with E-state index in [1.807, 2.05) is 42.7 Å². The van der Waals surface area contributed by atoms with Crippen LogP contribution in [0.15, 0.2) is 85.2 Å². The van der Waals surface area contributed by atoms with Gasteiger partial charge < -0.3 is 5.11 Å². The van der Waals surface area contributed by atoms with Crippen LogP contribution in [0, 0.1) is 0 Å². The quantitative estimate of drug-likeness (QED) is 0.213. The summed E-state index contributed by atoms with van der Waals surface area (Å²) in [6.07, 6.45) is 3.67. The summed E-state index contributed by atoms with van der Waals surface area (Å²) in [4.78, 5) is 9.04. The van der Waals surface area contributed by atoms with Crippen molar-refractivity contribution in [2.24, 2.45) is 0 Å². The van der Waals surface area contributed by atoms with Crippen LogP contribution in [-0.4, -0.2) is 28.4 Å². The first-order valence-electron chi connectivity index (χ1n) is 9.25. The van der Waals surface area contributed by atoms with Crippen molar-refractivity contribution in [1.29, 1.82) is 0 Å². The van der Waals surface area contributed by atoms with E-state index in [0.717, 1.165) is 32.5 Å². The summed E-state index contributed by atoms with van der Waals surface area (Å²) in [6, 6.07) is 24.1. The second kappa shape index (κ2) is 9.44. The number of benzene rings is 3. The molecular weight excluding hydrogens is 558 g/mol. The Balaban J connectivity index is 0.000000189. The Morgan fingerprint density at radius 1 is 0.655 bits per heavy atom. The van der Waals surface area contributed by atoms with Crippen LogP contribution in [0.25, 0.3) is 32.6 Å². The predicted molar refractivity (Wildman–Crippen MR) is 122 cm³/mol. The van der Waals surface area contributed by atoms with E-state index in [1.54, 1.807) is 6.07 Å². The number of rotatable bonds is 1. The van der Waals surface area contributed by atoms with Gasteiger partial charge in [-0.05, 0) is 29.7 Å². The van der Waals surface area contributed by atoms with Gasteiger partial charge >= 0.3 is 0 Å². The van der Waals surface area contributed by atoms with E-state index in [1.165, 1.54) is 5.39 Å². The van der Waals surface area contributed by atoms with E-state index in [2.05, 4.69) is 59.7 Å². The third kappa shape index (κ3) is 4.47. The summed E-state index contributed by atoms with van der Waals surface area (Å²) in [6.45, 7) is 4.33. The Bertz CT molecular complexity index is 1200. The van der Waals surface area contributed by atoms with E-state index in [-0.39, 0.29) is 21.1 Å². The number of para-hydroxylation sites is 1. The molecule has 0 amide bonds. The van der Waals surface area contributed by atoms with Gasteiger partial charge in [-0.3, -0.25) is 9.97 Å². The minimum atomic E-state index is -0.492. The third-order valence-electron chi connectivity index (χ3n) is 4.77. The first-order chi connectivity index (χ1) is 13.6. The minimum Gasteiger partial charge on any atom is -0.504 e. The van der Waals surface area contributed by atoms with E-state index in [4.69, 9.17) is 0 Å². The maximum atomic E-state index is 9.31. The Labute approximate surface area is 185 Å². The van der Waals surface area contributed by atoms with Crippen LogP contribution in [0.4, 0.5) is 0 Å². The fourth-order valence-electron chi connectivity index (χ4n) is 3.39. The fraction of sp³-hybridized carbons (Fsp3) is 0.0833. The molecule has 0 fully saturated rings. The molecule has 5 heteroatoms. The van der Waals surface area contributed by atoms with Crippen molar-refractivity contribution in [3.8, 4) is 5.75 Å². The zero-order chi connectivity index (χ0) is 19.5. The van der Waals surface area contributed by atoms with Gasteiger partial charge in [0.2, 0.25) is 0 Å². The summed E-state index contributed by atoms with van der Waals surface area (Å²) in [5.74, 6) is 0.446. The van der Waals surface area contributed by atoms with Crippen molar-refractivity contribution in [3.05, 3.63) is 85.2 Å². The number of phenols is 1. The maximum Gasteiger partial charge on any atom is 0.157 e. The van der Waals surface area contributed by atoms with Crippen molar-refractivity contribution in [3.63, 3.8) is 0 Å². The molecule has 0 saturated carbocycles. The summed E-state index contributed by atoms with van der Waals surface area (Å²) in [7, 11) is -0.492. The van der Waals surface area contributed by atoms with Crippen molar-refractivity contribution in [2.45, 2.75) is 0 Å². The molecule has 0 aliphatic heterocycles. The summed E-state index contributed by atoms with van der Waals surface area (Å²) < 4.78 is 0. The molecule has 3 aromatic carbocycles. The molecule has 2 aromatic heterocycles. The first kappa shape index (κ1) is 21.4. The molecule has 148 valence electrons. The molecule has 0 aliphatic carbocycles. The Morgan fingerprint density at radius 3 is 1.66 bits per heavy atom. The molecule has 29 heavy (non-hydrogen) atoms. The van der Waals surface area contributed by atoms with Crippen molar-refractivity contribution in [2.75, 3.05) is 13.3 Å². The number of phenolic OH excluding ortho intramolecular Hbond substituents is 1. The molecule has 5 aromatic rings. The number of aromatic nitrogens is 2. The van der Waals surface area contributed by atoms with E-state index in [9.17, 15) is 5.11 Å². The normalized spacial score (nSPS) is 10.6. The molecule has 0 atom stereocenters. The molecular formula is C24H22N2OPPt+. The minimum absolute atomic E-state index is 0. The average molecular weight is 581 g/mol. The van der Waals surface area contributed by atoms with Gasteiger partial charge in [0.25, 0.3) is 0 Å². The number of hydrogen-bond acceptors (Lipinski definition) is 3. The smallest absolute Gasteiger partial charge is 0.157 e. The largest absolute Gasteiger partial charge is 0.504 e. The standard InChI is InChI=1S/C16H10N2.C8H11OP.Pt/c1-3-12-7-5-11-6-8-13-4-2-10-18-16(13)14(11)15(12)17-9-1;1-10(2)8-6-4-3-5-7(8)9;/h1-10H;3-6,9H,1-2H3;/p+1. The van der Waals surface area contributed by atoms with Gasteiger partial charge in [0, 0.05) is 57.5 Å². The van der Waals surface area contributed by atoms with E-state index < -0.39 is 7.92 Å². The summed E-state index contributed by atoms with van der Waals surface area (Å²) >= 11 is 0. The van der Waals surface area contributed by atoms with Gasteiger partial charge in [-0.2, -0.15) is 0 Å². The molecule has 0 radical (unpaired) electrons. The number of nitrogens with zero attached hydrogens (tertiary/aromatic N) is 2. The van der Waals surface area contributed by atoms with Crippen LogP contribution in [0.5, 0.6) is 5.75 Å². The molecule has 2 heterocycles. The van der Waals surface area contributed by atoms with Crippen LogP contribution in [0.3, 0.4) is 0 Å². The molecule has 3 nitrogen and oxygen atoms in total. The number of aromatic hydroxyl groups is 1. The van der Waals surface area contributed by atoms with Crippen molar-refractivity contribution in [1.82, 2.24) is 9.97 Å². The monoisotopic (exact) mass is 580 g/mol. The van der Waals surface area contributed by atoms with Crippen LogP contribution in [0.2, 0.25) is 0 Å². The second-order valence-corrected chi connectivity index (χ2v) is 9.44. The first-order valence-corrected chi connectivity index (χ1v) is 11.7. The number of hydrogen-bond donors (Lipinski definition) is 1. The second-order valence-electron chi connectivity index (χ2n) is 6.90. The molecule has 0 aliphatic rings. The van der Waals surface area contributed by atoms with Gasteiger partial charge in [-0.15, -0.1) is 0 Å². The van der Waals surface area contributed by atoms with Gasteiger partial charge in [-0.1, -0.05) is 48.5 Å². The summed E-state index contributed by atoms with van der Waals surface area (Å²) in [5.41, 5.74) is 2.05. The van der Waals surface area contributed by atoms with Gasteiger partial charge in [0.05, 0.1) is 24.4 Å². The third-order valence-corrected chi connectivity index (χ3v) is 6.27. The molecule has 1 N–H and O–H groups in total. The van der Waals surface area contributed by atoms with Crippen LogP contribution in [0.1, 0.15) is 0 Å². The fourth-order valence-corrected chi connectivity index (χ4v) is 4.41. The molecule has 0 saturated heterocycles. The average Bonchev–Trinajstić information content (AvgIpc) is 2.74. The zero-order valence-electron chi connectivity index (χ0n) is 16.2. The van der Waals surface area contributed by atoms with Crippen LogP contribution >= 0.6 is 7.92 Å². The maximum absolute atomic E-state index is 9.31. The van der Waals surface area contributed by atoms with Gasteiger partial charge in [0.1, 0.15) is 5.30 Å². The van der Waals surface area contributed by atoms with Crippen LogP contribution < -0.4 is 5.30 Å². The Kier molecular flexibility index (Phi) is 6.95. The Morgan fingerprint density at radius 2 is 1.17 bits per heavy atom. The van der Waals surface area contributed by atoms with E-state index in [0.29, 0.717) is 5.75 Å². The molecule has 0 unspecified atom stereocenters. The van der Waals surface area contributed by atoms with E-state index >= 15 is 0 Å². The molecule has 0 spiro atoms. The Hall–Kier alpha value is -2.34. The van der Waals surface area contributed by atoms with Gasteiger partial charge in [0.15, 0.2) is 5.75 Å². The molecule has 5 rings (SSSR count). The topological polar surface area (TPSA) is 46.0 Å². The predicted octanol–water partition coefficient (Wildman–Crippen LogP) is 5.43. The van der Waals surface area contributed by atoms with Gasteiger partial charge in [-0.25, -0.2) is 0 Å². The molecule has 0 bridgehead atoms. The number of fused-ring (bicyclic) bond motifs is 5. The summed E-state index contributed by atoms with van der Waals surface area (Å²) in [5, 5.41) is 15.1. The van der Waals surface area contributed by atoms with Crippen molar-refractivity contribution < 1.29 is 26.2 Å². The van der Waals surface area contributed by atoms with Crippen LogP contribution in [-0.2, 0) is 21.1 Å². The number of pyridine rings is 2. The van der Waals surface area contributed by atoms with Crippen molar-refractivity contribution >= 4 is 45.8 Å².